The average molecular weight is 843 g/mol. The third-order valence-corrected chi connectivity index (χ3v) is 10.7. The van der Waals surface area contributed by atoms with E-state index in [1.807, 2.05) is 18.2 Å². The third kappa shape index (κ3) is 28.1. The minimum atomic E-state index is -4.69. The lowest BCUT2D eigenvalue weighted by Crippen LogP contribution is -2.29. The van der Waals surface area contributed by atoms with E-state index in [1.54, 1.807) is 6.08 Å². The number of rotatable bonds is 35. The fourth-order valence-corrected chi connectivity index (χ4v) is 7.08. The first-order valence-electron chi connectivity index (χ1n) is 21.5. The van der Waals surface area contributed by atoms with Crippen molar-refractivity contribution in [2.75, 3.05) is 26.4 Å². The maximum Gasteiger partial charge on any atom is 0.472 e. The molecule has 1 rings (SSSR count). The normalized spacial score (nSPS) is 21.4. The van der Waals surface area contributed by atoms with Gasteiger partial charge in [0.1, 0.15) is 12.7 Å². The van der Waals surface area contributed by atoms with E-state index in [1.165, 1.54) is 19.3 Å². The van der Waals surface area contributed by atoms with Crippen LogP contribution in [0.2, 0.25) is 0 Å². The molecule has 1 fully saturated rings. The molecule has 1 saturated carbocycles. The van der Waals surface area contributed by atoms with Crippen LogP contribution in [0.15, 0.2) is 60.8 Å². The topological polar surface area (TPSA) is 210 Å². The van der Waals surface area contributed by atoms with Crippen molar-refractivity contribution >= 4 is 19.8 Å². The number of carbonyl (C=O) groups is 2. The van der Waals surface area contributed by atoms with E-state index in [2.05, 4.69) is 54.8 Å². The fraction of sp³-hybridized carbons (Fsp3) is 0.727. The van der Waals surface area contributed by atoms with Gasteiger partial charge in [0.15, 0.2) is 6.10 Å². The Bertz CT molecular complexity index is 1270. The van der Waals surface area contributed by atoms with Crippen LogP contribution in [0.25, 0.3) is 0 Å². The van der Waals surface area contributed by atoms with Gasteiger partial charge in [-0.15, -0.1) is 0 Å². The Labute approximate surface area is 347 Å². The molecule has 1 aliphatic carbocycles. The summed E-state index contributed by atoms with van der Waals surface area (Å²) >= 11 is 0. The van der Waals surface area contributed by atoms with Crippen molar-refractivity contribution in [3.05, 3.63) is 60.8 Å². The number of hydrogen-bond donors (Lipinski definition) is 6. The number of aliphatic hydroxyl groups excluding tert-OH is 5. The summed E-state index contributed by atoms with van der Waals surface area (Å²) in [5, 5.41) is 49.6. The lowest BCUT2D eigenvalue weighted by molar-refractivity contribution is -0.161. The number of esters is 2. The Morgan fingerprint density at radius 3 is 1.98 bits per heavy atom. The van der Waals surface area contributed by atoms with Crippen LogP contribution in [-0.4, -0.2) is 99.3 Å². The first-order valence-corrected chi connectivity index (χ1v) is 23.0. The molecular weight excluding hydrogens is 767 g/mol. The van der Waals surface area contributed by atoms with E-state index in [0.717, 1.165) is 51.4 Å². The molecule has 0 bridgehead atoms. The SMILES string of the molecule is CCCCC/C=C\C/C=C\C/C=C\CCCCC(=O)O[C@H](COC(=O)CCC/C=C/C[C@@H]1[C@@H](/C=C/[C@@H](O)CCCCC)[C@H](O)C[C@@H]1O)COP(=O)(O)OC[C@@H](O)CO. The monoisotopic (exact) mass is 842 g/mol. The van der Waals surface area contributed by atoms with Crippen LogP contribution in [0.1, 0.15) is 136 Å². The Hall–Kier alpha value is -2.45. The number of hydrogen-bond acceptors (Lipinski definition) is 12. The van der Waals surface area contributed by atoms with Crippen molar-refractivity contribution in [3.63, 3.8) is 0 Å². The Morgan fingerprint density at radius 2 is 1.31 bits per heavy atom. The molecule has 14 heteroatoms. The highest BCUT2D eigenvalue weighted by Crippen LogP contribution is 2.43. The predicted molar refractivity (Wildman–Crippen MR) is 225 cm³/mol. The lowest BCUT2D eigenvalue weighted by atomic mass is 9.89. The van der Waals surface area contributed by atoms with E-state index in [0.29, 0.717) is 32.1 Å². The molecule has 6 N–H and O–H groups in total. The second kappa shape index (κ2) is 34.3. The molecule has 0 amide bonds. The average Bonchev–Trinajstić information content (AvgIpc) is 3.47. The number of unbranched alkanes of at least 4 members (excludes halogenated alkanes) is 8. The van der Waals surface area contributed by atoms with E-state index >= 15 is 0 Å². The van der Waals surface area contributed by atoms with Gasteiger partial charge in [-0.05, 0) is 76.5 Å². The zero-order chi connectivity index (χ0) is 42.9. The highest BCUT2D eigenvalue weighted by atomic mass is 31.2. The second-order valence-corrected chi connectivity index (χ2v) is 16.4. The second-order valence-electron chi connectivity index (χ2n) is 15.0. The van der Waals surface area contributed by atoms with Gasteiger partial charge in [-0.25, -0.2) is 4.57 Å². The maximum atomic E-state index is 12.6. The molecule has 334 valence electrons. The Balaban J connectivity index is 2.52. The highest BCUT2D eigenvalue weighted by Gasteiger charge is 2.39. The largest absolute Gasteiger partial charge is 0.472 e. The highest BCUT2D eigenvalue weighted by molar-refractivity contribution is 7.47. The van der Waals surface area contributed by atoms with Gasteiger partial charge in [0.05, 0.1) is 38.1 Å². The van der Waals surface area contributed by atoms with Crippen LogP contribution in [0.3, 0.4) is 0 Å². The number of phosphoric acid groups is 1. The minimum Gasteiger partial charge on any atom is -0.462 e. The molecule has 0 aromatic carbocycles. The summed E-state index contributed by atoms with van der Waals surface area (Å²) in [6.45, 7) is 1.91. The van der Waals surface area contributed by atoms with E-state index in [4.69, 9.17) is 19.1 Å². The zero-order valence-electron chi connectivity index (χ0n) is 35.1. The number of aliphatic hydroxyl groups is 5. The van der Waals surface area contributed by atoms with E-state index in [9.17, 15) is 39.5 Å². The molecule has 1 unspecified atom stereocenters. The van der Waals surface area contributed by atoms with Crippen LogP contribution < -0.4 is 0 Å². The first-order chi connectivity index (χ1) is 27.9. The smallest absolute Gasteiger partial charge is 0.462 e. The van der Waals surface area contributed by atoms with Crippen LogP contribution >= 0.6 is 7.82 Å². The molecule has 0 saturated heterocycles. The molecule has 0 heterocycles. The Kier molecular flexibility index (Phi) is 31.7. The van der Waals surface area contributed by atoms with Crippen LogP contribution in [0.5, 0.6) is 0 Å². The fourth-order valence-electron chi connectivity index (χ4n) is 6.29. The van der Waals surface area contributed by atoms with Crippen LogP contribution in [-0.2, 0) is 32.7 Å². The predicted octanol–water partition coefficient (Wildman–Crippen LogP) is 7.49. The van der Waals surface area contributed by atoms with E-state index in [-0.39, 0.29) is 31.1 Å². The van der Waals surface area contributed by atoms with Gasteiger partial charge in [0.2, 0.25) is 0 Å². The summed E-state index contributed by atoms with van der Waals surface area (Å²) in [6, 6.07) is 0. The van der Waals surface area contributed by atoms with Crippen molar-refractivity contribution in [1.82, 2.24) is 0 Å². The Morgan fingerprint density at radius 1 is 0.724 bits per heavy atom. The molecular formula is C44H75O13P. The first kappa shape index (κ1) is 53.6. The summed E-state index contributed by atoms with van der Waals surface area (Å²) in [6.07, 6.45) is 30.0. The zero-order valence-corrected chi connectivity index (χ0v) is 36.0. The molecule has 8 atom stereocenters. The molecule has 0 radical (unpaired) electrons. The number of allylic oxidation sites excluding steroid dienone is 8. The number of phosphoric ester groups is 1. The van der Waals surface area contributed by atoms with Crippen molar-refractivity contribution in [2.24, 2.45) is 11.8 Å². The number of carbonyl (C=O) groups excluding carboxylic acids is 2. The van der Waals surface area contributed by atoms with Crippen LogP contribution in [0.4, 0.5) is 0 Å². The van der Waals surface area contributed by atoms with Crippen molar-refractivity contribution in [3.8, 4) is 0 Å². The lowest BCUT2D eigenvalue weighted by Gasteiger charge is -2.20. The summed E-state index contributed by atoms with van der Waals surface area (Å²) in [5.74, 6) is -1.61. The van der Waals surface area contributed by atoms with Gasteiger partial charge >= 0.3 is 19.8 Å². The van der Waals surface area contributed by atoms with Crippen LogP contribution in [0, 0.1) is 11.8 Å². The third-order valence-electron chi connectivity index (χ3n) is 9.71. The van der Waals surface area contributed by atoms with Crippen molar-refractivity contribution in [1.29, 1.82) is 0 Å². The standard InChI is InChI=1S/C44H75O13P/c1-3-5-7-8-9-10-11-12-13-14-15-16-17-18-24-28-44(51)57-38(35-56-58(52,53)55-33-37(47)32-45)34-54-43(50)27-23-20-19-22-26-39-40(42(49)31-41(39)48)30-29-36(46)25-21-6-4-2/h9-10,12-13,15-16,19,22,29-30,36-42,45-49H,3-8,11,14,17-18,20-21,23-28,31-35H2,1-2H3,(H,52,53)/b10-9-,13-12-,16-15-,22-19+,30-29+/t36-,37-,38+,39+,40+,41-,42+/m0/s1. The van der Waals surface area contributed by atoms with Gasteiger partial charge in [0.25, 0.3) is 0 Å². The maximum absolute atomic E-state index is 12.6. The molecule has 0 aliphatic heterocycles. The van der Waals surface area contributed by atoms with Gasteiger partial charge in [0, 0.05) is 25.2 Å². The summed E-state index contributed by atoms with van der Waals surface area (Å²) in [7, 11) is -4.69. The molecule has 58 heavy (non-hydrogen) atoms. The number of ether oxygens (including phenoxy) is 2. The molecule has 0 spiro atoms. The van der Waals surface area contributed by atoms with Gasteiger partial charge in [-0.1, -0.05) is 107 Å². The van der Waals surface area contributed by atoms with Crippen molar-refractivity contribution in [2.45, 2.75) is 166 Å². The quantitative estimate of drug-likeness (QED) is 0.0158. The van der Waals surface area contributed by atoms with Gasteiger partial charge in [-0.3, -0.25) is 18.6 Å². The summed E-state index contributed by atoms with van der Waals surface area (Å²) in [5.41, 5.74) is 0. The summed E-state index contributed by atoms with van der Waals surface area (Å²) < 4.78 is 32.6. The van der Waals surface area contributed by atoms with Gasteiger partial charge in [-0.2, -0.15) is 0 Å². The molecule has 1 aliphatic rings. The van der Waals surface area contributed by atoms with E-state index < -0.39 is 76.7 Å². The minimum absolute atomic E-state index is 0.0536. The summed E-state index contributed by atoms with van der Waals surface area (Å²) in [4.78, 5) is 35.1. The molecule has 13 nitrogen and oxygen atoms in total. The molecule has 0 aromatic rings. The van der Waals surface area contributed by atoms with Gasteiger partial charge < -0.3 is 39.9 Å². The van der Waals surface area contributed by atoms with Crippen molar-refractivity contribution < 1.29 is 63.1 Å². The molecule has 0 aromatic heterocycles.